The SMILES string of the molecule is N[C@@H](CC(=O)O)C(=O)[O-].N[C@@H](CCC(=O)[O-])C(=O)[O-].[Na+].[Na+].[Na+]. The van der Waals surface area contributed by atoms with Gasteiger partial charge in [0.25, 0.3) is 0 Å². The Balaban J connectivity index is -0.0000000774. The Labute approximate surface area is 192 Å². The van der Waals surface area contributed by atoms with Crippen LogP contribution >= 0.6 is 0 Å². The van der Waals surface area contributed by atoms with Gasteiger partial charge in [0.05, 0.1) is 24.4 Å². The van der Waals surface area contributed by atoms with Gasteiger partial charge in [-0.25, -0.2) is 0 Å². The Morgan fingerprint density at radius 2 is 1.23 bits per heavy atom. The van der Waals surface area contributed by atoms with E-state index in [2.05, 4.69) is 0 Å². The van der Waals surface area contributed by atoms with Gasteiger partial charge in [-0.15, -0.1) is 0 Å². The summed E-state index contributed by atoms with van der Waals surface area (Å²) in [5, 5.41) is 37.3. The predicted octanol–water partition coefficient (Wildman–Crippen LogP) is -14.9. The predicted molar refractivity (Wildman–Crippen MR) is 52.5 cm³/mol. The van der Waals surface area contributed by atoms with Gasteiger partial charge < -0.3 is 46.3 Å². The first-order valence-corrected chi connectivity index (χ1v) is 4.92. The van der Waals surface area contributed by atoms with Gasteiger partial charge in [0.2, 0.25) is 0 Å². The van der Waals surface area contributed by atoms with Crippen LogP contribution in [0.2, 0.25) is 0 Å². The number of carboxylic acid groups (broad SMARTS) is 4. The van der Waals surface area contributed by atoms with Crippen molar-refractivity contribution >= 4 is 23.9 Å². The summed E-state index contributed by atoms with van der Waals surface area (Å²) in [6, 6.07) is -2.61. The second-order valence-corrected chi connectivity index (χ2v) is 3.36. The van der Waals surface area contributed by atoms with E-state index >= 15 is 0 Å². The Bertz CT molecular complexity index is 356. The van der Waals surface area contributed by atoms with E-state index in [1.54, 1.807) is 0 Å². The van der Waals surface area contributed by atoms with Gasteiger partial charge in [-0.1, -0.05) is 0 Å². The van der Waals surface area contributed by atoms with Crippen molar-refractivity contribution in [1.82, 2.24) is 0 Å². The number of rotatable bonds is 7. The second kappa shape index (κ2) is 19.8. The van der Waals surface area contributed by atoms with E-state index in [0.29, 0.717) is 0 Å². The smallest absolute Gasteiger partial charge is 0.550 e. The molecule has 0 aromatic rings. The molecular formula is C9H13N2Na3O8. The number of aliphatic carboxylic acids is 4. The maximum absolute atomic E-state index is 9.86. The molecule has 0 rings (SSSR count). The molecule has 0 heterocycles. The van der Waals surface area contributed by atoms with Crippen molar-refractivity contribution in [2.75, 3.05) is 0 Å². The summed E-state index contributed by atoms with van der Waals surface area (Å²) in [5.74, 6) is -5.54. The molecule has 5 N–H and O–H groups in total. The Morgan fingerprint density at radius 3 is 1.41 bits per heavy atom. The minimum Gasteiger partial charge on any atom is -0.550 e. The largest absolute Gasteiger partial charge is 1.00 e. The number of nitrogens with two attached hydrogens (primary N) is 2. The molecule has 0 radical (unpaired) electrons. The molecule has 0 saturated carbocycles. The van der Waals surface area contributed by atoms with Crippen molar-refractivity contribution in [2.45, 2.75) is 31.3 Å². The van der Waals surface area contributed by atoms with Crippen molar-refractivity contribution in [3.05, 3.63) is 0 Å². The molecule has 0 aromatic heterocycles. The number of carboxylic acids is 4. The summed E-state index contributed by atoms with van der Waals surface area (Å²) >= 11 is 0. The summed E-state index contributed by atoms with van der Waals surface area (Å²) in [7, 11) is 0. The van der Waals surface area contributed by atoms with E-state index in [4.69, 9.17) is 16.6 Å². The zero-order valence-corrected chi connectivity index (χ0v) is 18.7. The van der Waals surface area contributed by atoms with E-state index in [9.17, 15) is 34.5 Å². The quantitative estimate of drug-likeness (QED) is 0.370. The Kier molecular flexibility index (Phi) is 30.9. The fourth-order valence-electron chi connectivity index (χ4n) is 0.663. The molecule has 0 aliphatic carbocycles. The third kappa shape index (κ3) is 25.7. The molecule has 13 heteroatoms. The van der Waals surface area contributed by atoms with E-state index in [-0.39, 0.29) is 102 Å². The third-order valence-electron chi connectivity index (χ3n) is 1.66. The second-order valence-electron chi connectivity index (χ2n) is 3.36. The molecule has 0 unspecified atom stereocenters. The van der Waals surface area contributed by atoms with Crippen molar-refractivity contribution in [1.29, 1.82) is 0 Å². The molecule has 0 aliphatic heterocycles. The van der Waals surface area contributed by atoms with Crippen LogP contribution in [0.15, 0.2) is 0 Å². The molecule has 0 aromatic carbocycles. The Hall–Kier alpha value is 0.800. The summed E-state index contributed by atoms with van der Waals surface area (Å²) in [4.78, 5) is 39.1. The van der Waals surface area contributed by atoms with Gasteiger partial charge >= 0.3 is 94.6 Å². The third-order valence-corrected chi connectivity index (χ3v) is 1.66. The van der Waals surface area contributed by atoms with E-state index in [1.807, 2.05) is 0 Å². The molecule has 110 valence electrons. The molecule has 2 atom stereocenters. The van der Waals surface area contributed by atoms with Crippen LogP contribution in [0.5, 0.6) is 0 Å². The van der Waals surface area contributed by atoms with Gasteiger partial charge in [-0.2, -0.15) is 0 Å². The monoisotopic (exact) mass is 346 g/mol. The fourth-order valence-corrected chi connectivity index (χ4v) is 0.663. The van der Waals surface area contributed by atoms with Gasteiger partial charge in [-0.3, -0.25) is 4.79 Å². The minimum absolute atomic E-state index is 0. The van der Waals surface area contributed by atoms with Crippen molar-refractivity contribution in [3.63, 3.8) is 0 Å². The molecule has 0 saturated heterocycles. The average molecular weight is 346 g/mol. The van der Waals surface area contributed by atoms with Crippen LogP contribution in [0.1, 0.15) is 19.3 Å². The van der Waals surface area contributed by atoms with Gasteiger partial charge in [0.15, 0.2) is 0 Å². The van der Waals surface area contributed by atoms with Crippen LogP contribution in [-0.4, -0.2) is 41.1 Å². The maximum Gasteiger partial charge on any atom is 1.00 e. The first kappa shape index (κ1) is 34.2. The summed E-state index contributed by atoms with van der Waals surface area (Å²) in [5.41, 5.74) is 9.69. The number of hydrogen-bond donors (Lipinski definition) is 3. The minimum atomic E-state index is -1.54. The van der Waals surface area contributed by atoms with Gasteiger partial charge in [-0.05, 0) is 12.8 Å². The van der Waals surface area contributed by atoms with Crippen molar-refractivity contribution in [2.24, 2.45) is 11.5 Å². The first-order chi connectivity index (χ1) is 8.57. The van der Waals surface area contributed by atoms with Crippen molar-refractivity contribution in [3.8, 4) is 0 Å². The first-order valence-electron chi connectivity index (χ1n) is 4.92. The molecular weight excluding hydrogens is 333 g/mol. The van der Waals surface area contributed by atoms with Gasteiger partial charge in [0.1, 0.15) is 0 Å². The van der Waals surface area contributed by atoms with Crippen LogP contribution in [-0.2, 0) is 19.2 Å². The topological polar surface area (TPSA) is 210 Å². The molecule has 10 nitrogen and oxygen atoms in total. The molecule has 0 aliphatic rings. The van der Waals surface area contributed by atoms with E-state index in [1.165, 1.54) is 0 Å². The fraction of sp³-hybridized carbons (Fsp3) is 0.556. The van der Waals surface area contributed by atoms with Crippen LogP contribution in [0.3, 0.4) is 0 Å². The maximum atomic E-state index is 9.86. The molecule has 0 spiro atoms. The average Bonchev–Trinajstić information content (AvgIpc) is 2.25. The molecule has 22 heavy (non-hydrogen) atoms. The van der Waals surface area contributed by atoms with Crippen LogP contribution in [0.25, 0.3) is 0 Å². The molecule has 0 fully saturated rings. The molecule has 0 bridgehead atoms. The van der Waals surface area contributed by atoms with Gasteiger partial charge in [0, 0.05) is 12.0 Å². The molecule has 0 amide bonds. The summed E-state index contributed by atoms with van der Waals surface area (Å²) in [6.07, 6.45) is -1.10. The van der Waals surface area contributed by atoms with E-state index in [0.717, 1.165) is 0 Å². The van der Waals surface area contributed by atoms with Crippen LogP contribution < -0.4 is 115 Å². The Morgan fingerprint density at radius 1 is 0.864 bits per heavy atom. The van der Waals surface area contributed by atoms with E-state index < -0.39 is 42.4 Å². The summed E-state index contributed by atoms with van der Waals surface area (Å²) in [6.45, 7) is 0. The standard InChI is InChI=1S/C5H9NO4.C4H7NO4.3Na/c6-3(5(9)10)1-2-4(7)8;5-2(4(8)9)1-3(6)7;;;/h3H,1-2,6H2,(H,7,8)(H,9,10);2H,1,5H2,(H,6,7)(H,8,9);;;/q;;3*+1/p-3/t3-;2-;;;/m00.../s1. The number of carbonyl (C=O) groups excluding carboxylic acids is 3. The number of carbonyl (C=O) groups is 4. The zero-order chi connectivity index (χ0) is 15.6. The zero-order valence-electron chi connectivity index (χ0n) is 12.7. The summed E-state index contributed by atoms with van der Waals surface area (Å²) < 4.78 is 0. The van der Waals surface area contributed by atoms with Crippen molar-refractivity contribution < 1.29 is 128 Å². The normalized spacial score (nSPS) is 10.8. The van der Waals surface area contributed by atoms with Crippen LogP contribution in [0, 0.1) is 0 Å². The van der Waals surface area contributed by atoms with Crippen LogP contribution in [0.4, 0.5) is 0 Å². The number of hydrogen-bond acceptors (Lipinski definition) is 9.